The van der Waals surface area contributed by atoms with Crippen LogP contribution in [0.1, 0.15) is 31.4 Å². The third-order valence-electron chi connectivity index (χ3n) is 6.38. The summed E-state index contributed by atoms with van der Waals surface area (Å²) >= 11 is 18.4. The third-order valence-corrected chi connectivity index (χ3v) is 8.50. The molecule has 0 aliphatic heterocycles. The lowest BCUT2D eigenvalue weighted by molar-refractivity contribution is -0.140. The number of nitrogens with zero attached hydrogens (tertiary/aromatic N) is 2. The summed E-state index contributed by atoms with van der Waals surface area (Å²) in [4.78, 5) is 29.1. The largest absolute Gasteiger partial charge is 0.352 e. The molecule has 214 valence electrons. The van der Waals surface area contributed by atoms with Gasteiger partial charge >= 0.3 is 0 Å². The van der Waals surface area contributed by atoms with Gasteiger partial charge in [-0.3, -0.25) is 13.9 Å². The summed E-state index contributed by atoms with van der Waals surface area (Å²) in [6.45, 7) is 3.31. The topological polar surface area (TPSA) is 86.8 Å². The molecule has 7 nitrogen and oxygen atoms in total. The van der Waals surface area contributed by atoms with Gasteiger partial charge in [0.15, 0.2) is 0 Å². The van der Waals surface area contributed by atoms with Gasteiger partial charge in [-0.25, -0.2) is 8.42 Å². The molecule has 3 rings (SSSR count). The SMILES string of the molecule is CC[C@H](C)NC(=O)[C@H](Cc1ccccc1)N(Cc1cccc(Cl)c1)C(=O)CN(c1ccc(Cl)c(Cl)c1)S(C)(=O)=O. The van der Waals surface area contributed by atoms with Crippen LogP contribution >= 0.6 is 34.8 Å². The minimum atomic E-state index is -3.92. The van der Waals surface area contributed by atoms with Gasteiger partial charge < -0.3 is 10.2 Å². The fourth-order valence-electron chi connectivity index (χ4n) is 4.08. The number of carbonyl (C=O) groups is 2. The molecule has 0 radical (unpaired) electrons. The van der Waals surface area contributed by atoms with E-state index < -0.39 is 28.5 Å². The predicted molar refractivity (Wildman–Crippen MR) is 162 cm³/mol. The molecular weight excluding hydrogens is 593 g/mol. The monoisotopic (exact) mass is 623 g/mol. The smallest absolute Gasteiger partial charge is 0.244 e. The highest BCUT2D eigenvalue weighted by Gasteiger charge is 2.33. The van der Waals surface area contributed by atoms with Gasteiger partial charge in [-0.05, 0) is 54.8 Å². The quantitative estimate of drug-likeness (QED) is 0.269. The van der Waals surface area contributed by atoms with Crippen molar-refractivity contribution in [1.29, 1.82) is 0 Å². The number of rotatable bonds is 12. The Morgan fingerprint density at radius 2 is 1.57 bits per heavy atom. The Bertz CT molecular complexity index is 1440. The highest BCUT2D eigenvalue weighted by atomic mass is 35.5. The lowest BCUT2D eigenvalue weighted by Crippen LogP contribution is -2.54. The van der Waals surface area contributed by atoms with Crippen molar-refractivity contribution < 1.29 is 18.0 Å². The Labute approximate surface area is 251 Å². The molecule has 0 heterocycles. The van der Waals surface area contributed by atoms with E-state index in [1.807, 2.05) is 44.2 Å². The number of nitrogens with one attached hydrogen (secondary N) is 1. The van der Waals surface area contributed by atoms with Crippen LogP contribution in [0.5, 0.6) is 0 Å². The van der Waals surface area contributed by atoms with Crippen molar-refractivity contribution >= 4 is 62.3 Å². The van der Waals surface area contributed by atoms with Gasteiger partial charge in [0.05, 0.1) is 22.0 Å². The van der Waals surface area contributed by atoms with Crippen LogP contribution in [0.4, 0.5) is 5.69 Å². The van der Waals surface area contributed by atoms with Crippen LogP contribution in [0.15, 0.2) is 72.8 Å². The zero-order chi connectivity index (χ0) is 29.4. The van der Waals surface area contributed by atoms with Gasteiger partial charge in [0, 0.05) is 24.0 Å². The first-order chi connectivity index (χ1) is 18.9. The van der Waals surface area contributed by atoms with Gasteiger partial charge in [-0.2, -0.15) is 0 Å². The molecule has 0 bridgehead atoms. The molecule has 1 N–H and O–H groups in total. The Kier molecular flexibility index (Phi) is 11.3. The number of amides is 2. The number of halogens is 3. The number of benzene rings is 3. The summed E-state index contributed by atoms with van der Waals surface area (Å²) in [5, 5.41) is 3.85. The molecule has 0 saturated carbocycles. The van der Waals surface area contributed by atoms with Gasteiger partial charge in [-0.1, -0.05) is 84.2 Å². The van der Waals surface area contributed by atoms with E-state index in [4.69, 9.17) is 34.8 Å². The zero-order valence-electron chi connectivity index (χ0n) is 22.5. The highest BCUT2D eigenvalue weighted by molar-refractivity contribution is 7.92. The van der Waals surface area contributed by atoms with E-state index in [0.29, 0.717) is 17.0 Å². The fraction of sp³-hybridized carbons (Fsp3) is 0.310. The first-order valence-electron chi connectivity index (χ1n) is 12.7. The van der Waals surface area contributed by atoms with E-state index in [1.165, 1.54) is 23.1 Å². The van der Waals surface area contributed by atoms with Crippen molar-refractivity contribution in [2.45, 2.75) is 45.3 Å². The molecule has 2 atom stereocenters. The summed E-state index contributed by atoms with van der Waals surface area (Å²) in [5.74, 6) is -0.911. The second-order valence-electron chi connectivity index (χ2n) is 9.54. The summed E-state index contributed by atoms with van der Waals surface area (Å²) < 4.78 is 26.7. The van der Waals surface area contributed by atoms with Crippen molar-refractivity contribution in [2.75, 3.05) is 17.1 Å². The van der Waals surface area contributed by atoms with Crippen LogP contribution in [0, 0.1) is 0 Å². The maximum atomic E-state index is 14.1. The molecule has 3 aromatic rings. The van der Waals surface area contributed by atoms with E-state index in [2.05, 4.69) is 5.32 Å². The second kappa shape index (κ2) is 14.2. The van der Waals surface area contributed by atoms with Gasteiger partial charge in [0.2, 0.25) is 21.8 Å². The maximum Gasteiger partial charge on any atom is 0.244 e. The Morgan fingerprint density at radius 3 is 2.17 bits per heavy atom. The third kappa shape index (κ3) is 8.86. The molecule has 3 aromatic carbocycles. The molecular formula is C29H32Cl3N3O4S. The van der Waals surface area contributed by atoms with Gasteiger partial charge in [-0.15, -0.1) is 0 Å². The van der Waals surface area contributed by atoms with Crippen LogP contribution in [-0.4, -0.2) is 50.0 Å². The van der Waals surface area contributed by atoms with Crippen molar-refractivity contribution in [3.05, 3.63) is 99.0 Å². The number of sulfonamides is 1. The average Bonchev–Trinajstić information content (AvgIpc) is 2.90. The van der Waals surface area contributed by atoms with Crippen LogP contribution in [0.2, 0.25) is 15.1 Å². The first-order valence-corrected chi connectivity index (χ1v) is 15.7. The molecule has 2 amide bonds. The molecule has 0 spiro atoms. The fourth-order valence-corrected chi connectivity index (χ4v) is 5.43. The Morgan fingerprint density at radius 1 is 0.900 bits per heavy atom. The van der Waals surface area contributed by atoms with E-state index in [-0.39, 0.29) is 40.6 Å². The van der Waals surface area contributed by atoms with Crippen LogP contribution < -0.4 is 9.62 Å². The van der Waals surface area contributed by atoms with Crippen molar-refractivity contribution in [3.63, 3.8) is 0 Å². The molecule has 0 aliphatic rings. The maximum absolute atomic E-state index is 14.1. The minimum absolute atomic E-state index is 0.0315. The van der Waals surface area contributed by atoms with E-state index in [0.717, 1.165) is 16.1 Å². The lowest BCUT2D eigenvalue weighted by Gasteiger charge is -2.34. The molecule has 11 heteroatoms. The molecule has 0 aliphatic carbocycles. The van der Waals surface area contributed by atoms with Crippen LogP contribution in [0.3, 0.4) is 0 Å². The zero-order valence-corrected chi connectivity index (χ0v) is 25.6. The van der Waals surface area contributed by atoms with Crippen LogP contribution in [-0.2, 0) is 32.6 Å². The van der Waals surface area contributed by atoms with Crippen molar-refractivity contribution in [3.8, 4) is 0 Å². The summed E-state index contributed by atoms with van der Waals surface area (Å²) in [7, 11) is -3.92. The number of hydrogen-bond donors (Lipinski definition) is 1. The summed E-state index contributed by atoms with van der Waals surface area (Å²) in [5.41, 5.74) is 1.72. The number of hydrogen-bond acceptors (Lipinski definition) is 4. The molecule has 40 heavy (non-hydrogen) atoms. The summed E-state index contributed by atoms with van der Waals surface area (Å²) in [6, 6.07) is 19.6. The summed E-state index contributed by atoms with van der Waals surface area (Å²) in [6.07, 6.45) is 1.92. The standard InChI is InChI=1S/C29H32Cl3N3O4S/c1-4-20(2)33-29(37)27(16-21-9-6-5-7-10-21)34(18-22-11-8-12-23(30)15-22)28(36)19-35(40(3,38)39)24-13-14-25(31)26(32)17-24/h5-15,17,20,27H,4,16,18-19H2,1-3H3,(H,33,37)/t20-,27-/m0/s1. The normalized spacial score (nSPS) is 12.8. The van der Waals surface area contributed by atoms with E-state index >= 15 is 0 Å². The minimum Gasteiger partial charge on any atom is -0.352 e. The van der Waals surface area contributed by atoms with Gasteiger partial charge in [0.1, 0.15) is 12.6 Å². The van der Waals surface area contributed by atoms with Crippen molar-refractivity contribution in [1.82, 2.24) is 10.2 Å². The molecule has 0 aromatic heterocycles. The molecule has 0 unspecified atom stereocenters. The average molecular weight is 625 g/mol. The predicted octanol–water partition coefficient (Wildman–Crippen LogP) is 5.97. The Hall–Kier alpha value is -2.78. The second-order valence-corrected chi connectivity index (χ2v) is 12.7. The van der Waals surface area contributed by atoms with Crippen LogP contribution in [0.25, 0.3) is 0 Å². The van der Waals surface area contributed by atoms with Gasteiger partial charge in [0.25, 0.3) is 0 Å². The first kappa shape index (κ1) is 31.7. The van der Waals surface area contributed by atoms with E-state index in [1.54, 1.807) is 24.3 Å². The number of carbonyl (C=O) groups excluding carboxylic acids is 2. The lowest BCUT2D eigenvalue weighted by atomic mass is 10.0. The number of anilines is 1. The highest BCUT2D eigenvalue weighted by Crippen LogP contribution is 2.29. The molecule has 0 fully saturated rings. The van der Waals surface area contributed by atoms with E-state index in [9.17, 15) is 18.0 Å². The molecule has 0 saturated heterocycles. The van der Waals surface area contributed by atoms with Crippen molar-refractivity contribution in [2.24, 2.45) is 0 Å². The Balaban J connectivity index is 2.07.